The van der Waals surface area contributed by atoms with Gasteiger partial charge in [-0.2, -0.15) is 0 Å². The maximum absolute atomic E-state index is 5.73. The van der Waals surface area contributed by atoms with Crippen LogP contribution in [0.15, 0.2) is 58.8 Å². The first-order valence-corrected chi connectivity index (χ1v) is 10.3. The summed E-state index contributed by atoms with van der Waals surface area (Å²) in [5.41, 5.74) is 4.47. The van der Waals surface area contributed by atoms with Crippen molar-refractivity contribution in [3.05, 3.63) is 58.8 Å². The smallest absolute Gasteiger partial charge is 0.195 e. The Labute approximate surface area is 169 Å². The van der Waals surface area contributed by atoms with E-state index in [1.54, 1.807) is 11.3 Å². The SMILES string of the molecule is CN(C)c1ccc(-c2cn3c(n2)sc2cc(OC/C=C/[123I])ccc23)cc1. The molecule has 0 fully saturated rings. The van der Waals surface area contributed by atoms with Gasteiger partial charge < -0.3 is 9.64 Å². The highest BCUT2D eigenvalue weighted by Crippen LogP contribution is 2.32. The van der Waals surface area contributed by atoms with Crippen LogP contribution in [0.5, 0.6) is 5.75 Å². The van der Waals surface area contributed by atoms with Crippen molar-refractivity contribution < 1.29 is 4.74 Å². The molecule has 0 atom stereocenters. The number of thiazole rings is 1. The van der Waals surface area contributed by atoms with E-state index in [2.05, 4.69) is 74.5 Å². The summed E-state index contributed by atoms with van der Waals surface area (Å²) in [4.78, 5) is 7.91. The van der Waals surface area contributed by atoms with Gasteiger partial charge in [-0.1, -0.05) is 46.1 Å². The molecule has 2 heterocycles. The summed E-state index contributed by atoms with van der Waals surface area (Å²) in [6, 6.07) is 14.7. The molecule has 6 heteroatoms. The molecular formula is C20H18IN3OS. The number of ether oxygens (including phenoxy) is 1. The second kappa shape index (κ2) is 7.28. The largest absolute Gasteiger partial charge is 0.489 e. The van der Waals surface area contributed by atoms with Gasteiger partial charge in [0.2, 0.25) is 0 Å². The van der Waals surface area contributed by atoms with Gasteiger partial charge in [-0.25, -0.2) is 4.98 Å². The molecule has 0 bridgehead atoms. The van der Waals surface area contributed by atoms with E-state index >= 15 is 0 Å². The van der Waals surface area contributed by atoms with E-state index < -0.39 is 0 Å². The number of benzene rings is 2. The minimum absolute atomic E-state index is 0.587. The quantitative estimate of drug-likeness (QED) is 0.355. The highest BCUT2D eigenvalue weighted by molar-refractivity contribution is 14.1. The first kappa shape index (κ1) is 17.4. The molecule has 0 aliphatic carbocycles. The molecule has 2 aromatic heterocycles. The van der Waals surface area contributed by atoms with Gasteiger partial charge in [-0.15, -0.1) is 0 Å². The van der Waals surface area contributed by atoms with Crippen LogP contribution in [-0.2, 0) is 0 Å². The molecule has 4 aromatic rings. The predicted molar refractivity (Wildman–Crippen MR) is 119 cm³/mol. The third-order valence-corrected chi connectivity index (χ3v) is 5.71. The van der Waals surface area contributed by atoms with E-state index in [0.29, 0.717) is 6.61 Å². The molecule has 132 valence electrons. The lowest BCUT2D eigenvalue weighted by atomic mass is 10.1. The molecule has 0 N–H and O–H groups in total. The van der Waals surface area contributed by atoms with Crippen LogP contribution in [-0.4, -0.2) is 30.1 Å². The lowest BCUT2D eigenvalue weighted by molar-refractivity contribution is 0.364. The fraction of sp³-hybridized carbons (Fsp3) is 0.150. The Kier molecular flexibility index (Phi) is 4.86. The molecule has 4 rings (SSSR count). The van der Waals surface area contributed by atoms with Gasteiger partial charge in [0.25, 0.3) is 0 Å². The number of halogens is 1. The molecule has 0 saturated heterocycles. The minimum atomic E-state index is 0.587. The van der Waals surface area contributed by atoms with Crippen molar-refractivity contribution >= 4 is 54.8 Å². The molecule has 0 saturated carbocycles. The summed E-state index contributed by atoms with van der Waals surface area (Å²) in [7, 11) is 4.09. The summed E-state index contributed by atoms with van der Waals surface area (Å²) in [5, 5.41) is 0. The van der Waals surface area contributed by atoms with E-state index in [0.717, 1.165) is 27.5 Å². The second-order valence-electron chi connectivity index (χ2n) is 6.12. The predicted octanol–water partition coefficient (Wildman–Crippen LogP) is 5.61. The number of imidazole rings is 1. The van der Waals surface area contributed by atoms with Crippen LogP contribution in [0.1, 0.15) is 0 Å². The normalized spacial score (nSPS) is 11.7. The summed E-state index contributed by atoms with van der Waals surface area (Å²) in [5.74, 6) is 0.885. The molecule has 26 heavy (non-hydrogen) atoms. The van der Waals surface area contributed by atoms with E-state index in [-0.39, 0.29) is 0 Å². The summed E-state index contributed by atoms with van der Waals surface area (Å²) < 4.78 is 11.0. The zero-order valence-electron chi connectivity index (χ0n) is 14.5. The number of anilines is 1. The molecule has 0 unspecified atom stereocenters. The Morgan fingerprint density at radius 1 is 1.19 bits per heavy atom. The monoisotopic (exact) mass is 471 g/mol. The van der Waals surface area contributed by atoms with Gasteiger partial charge >= 0.3 is 0 Å². The van der Waals surface area contributed by atoms with Gasteiger partial charge in [0.05, 0.1) is 15.9 Å². The molecule has 0 aliphatic heterocycles. The molecule has 0 spiro atoms. The lowest BCUT2D eigenvalue weighted by Gasteiger charge is -2.12. The summed E-state index contributed by atoms with van der Waals surface area (Å²) in [6.45, 7) is 0.587. The third kappa shape index (κ3) is 3.31. The van der Waals surface area contributed by atoms with Crippen molar-refractivity contribution in [2.24, 2.45) is 0 Å². The van der Waals surface area contributed by atoms with Crippen LogP contribution in [0.3, 0.4) is 0 Å². The number of fused-ring (bicyclic) bond motifs is 3. The van der Waals surface area contributed by atoms with Crippen molar-refractivity contribution in [2.45, 2.75) is 0 Å². The fourth-order valence-electron chi connectivity index (χ4n) is 2.82. The summed E-state index contributed by atoms with van der Waals surface area (Å²) in [6.07, 6.45) is 4.10. The van der Waals surface area contributed by atoms with Crippen LogP contribution in [0.25, 0.3) is 26.4 Å². The Balaban J connectivity index is 1.67. The first-order chi connectivity index (χ1) is 12.7. The van der Waals surface area contributed by atoms with Crippen molar-refractivity contribution in [3.63, 3.8) is 0 Å². The Bertz CT molecular complexity index is 1080. The van der Waals surface area contributed by atoms with Crippen molar-refractivity contribution in [2.75, 3.05) is 25.6 Å². The highest BCUT2D eigenvalue weighted by Gasteiger charge is 2.11. The Morgan fingerprint density at radius 3 is 2.73 bits per heavy atom. The van der Waals surface area contributed by atoms with Gasteiger partial charge in [0, 0.05) is 31.5 Å². The van der Waals surface area contributed by atoms with Gasteiger partial charge in [0.15, 0.2) is 4.96 Å². The number of hydrogen-bond donors (Lipinski definition) is 0. The van der Waals surface area contributed by atoms with Crippen molar-refractivity contribution in [1.82, 2.24) is 9.38 Å². The number of hydrogen-bond acceptors (Lipinski definition) is 4. The average molecular weight is 471 g/mol. The molecule has 2 aromatic carbocycles. The van der Waals surface area contributed by atoms with E-state index in [9.17, 15) is 0 Å². The van der Waals surface area contributed by atoms with Crippen LogP contribution in [0.2, 0.25) is 0 Å². The first-order valence-electron chi connectivity index (χ1n) is 8.23. The molecular weight excluding hydrogens is 453 g/mol. The van der Waals surface area contributed by atoms with Crippen LogP contribution in [0, 0.1) is 0 Å². The molecule has 4 nitrogen and oxygen atoms in total. The van der Waals surface area contributed by atoms with Crippen LogP contribution >= 0.6 is 33.9 Å². The van der Waals surface area contributed by atoms with Gasteiger partial charge in [0.1, 0.15) is 12.4 Å². The zero-order chi connectivity index (χ0) is 18.1. The van der Waals surface area contributed by atoms with Crippen LogP contribution < -0.4 is 9.64 Å². The standard InChI is InChI=1S/C20H18IN3OS/c1-23(2)15-6-4-14(5-7-15)17-13-24-18-9-8-16(25-11-3-10-21)12-19(18)26-20(24)22-17/h3-10,12-13H,11H2,1-2H3/b10-3+/i21-4. The van der Waals surface area contributed by atoms with E-state index in [1.807, 2.05) is 30.3 Å². The van der Waals surface area contributed by atoms with E-state index in [1.165, 1.54) is 10.4 Å². The second-order valence-corrected chi connectivity index (χ2v) is 7.85. The van der Waals surface area contributed by atoms with Crippen molar-refractivity contribution in [1.29, 1.82) is 0 Å². The van der Waals surface area contributed by atoms with Gasteiger partial charge in [-0.05, 0) is 40.5 Å². The molecule has 0 aliphatic rings. The van der Waals surface area contributed by atoms with E-state index in [4.69, 9.17) is 9.72 Å². The average Bonchev–Trinajstić information content (AvgIpc) is 3.19. The Hall–Kier alpha value is -2.06. The maximum atomic E-state index is 5.73. The van der Waals surface area contributed by atoms with Crippen molar-refractivity contribution in [3.8, 4) is 17.0 Å². The van der Waals surface area contributed by atoms with Crippen LogP contribution in [0.4, 0.5) is 5.69 Å². The lowest BCUT2D eigenvalue weighted by Crippen LogP contribution is -2.07. The highest BCUT2D eigenvalue weighted by atomic mass is 123. The summed E-state index contributed by atoms with van der Waals surface area (Å²) >= 11 is 3.88. The van der Waals surface area contributed by atoms with Gasteiger partial charge in [-0.3, -0.25) is 4.40 Å². The number of aromatic nitrogens is 2. The fourth-order valence-corrected chi connectivity index (χ4v) is 4.07. The number of nitrogens with zero attached hydrogens (tertiary/aromatic N) is 3. The topological polar surface area (TPSA) is 29.8 Å². The minimum Gasteiger partial charge on any atom is -0.489 e. The molecule has 0 amide bonds. The third-order valence-electron chi connectivity index (χ3n) is 4.18. The zero-order valence-corrected chi connectivity index (χ0v) is 17.5. The molecule has 0 radical (unpaired) electrons. The Morgan fingerprint density at radius 2 is 2.00 bits per heavy atom. The number of rotatable bonds is 5. The maximum Gasteiger partial charge on any atom is 0.195 e.